The molecule has 0 bridgehead atoms. The highest BCUT2D eigenvalue weighted by Crippen LogP contribution is 2.13. The summed E-state index contributed by atoms with van der Waals surface area (Å²) in [6, 6.07) is 0. The van der Waals surface area contributed by atoms with E-state index in [-0.39, 0.29) is 5.48 Å². The molecule has 0 radical (unpaired) electrons. The highest BCUT2D eigenvalue weighted by Gasteiger charge is 2.06. The van der Waals surface area contributed by atoms with Crippen molar-refractivity contribution in [2.75, 3.05) is 13.2 Å². The second-order valence-corrected chi connectivity index (χ2v) is 10.1. The van der Waals surface area contributed by atoms with E-state index in [1.807, 2.05) is 0 Å². The highest BCUT2D eigenvalue weighted by molar-refractivity contribution is 5.78. The van der Waals surface area contributed by atoms with Gasteiger partial charge in [0.2, 0.25) is 0 Å². The van der Waals surface area contributed by atoms with E-state index in [1.165, 1.54) is 135 Å². The van der Waals surface area contributed by atoms with Gasteiger partial charge in [0.15, 0.2) is 0 Å². The summed E-state index contributed by atoms with van der Waals surface area (Å²) in [6.07, 6.45) is 33.4. The molecule has 1 saturated carbocycles. The standard InChI is InChI=1S/C24H50O.C6H10O.H2O/c1-3-5-7-9-11-13-15-17-19-21-23-25-24-22-20-18-16-14-12-10-8-6-4-2;7-6-4-2-1-3-5-6;/h3-24H2,1-2H3;1-5H2;1H2. The van der Waals surface area contributed by atoms with Crippen molar-refractivity contribution in [3.63, 3.8) is 0 Å². The van der Waals surface area contributed by atoms with Gasteiger partial charge in [0.25, 0.3) is 0 Å². The van der Waals surface area contributed by atoms with Crippen LogP contribution in [0.4, 0.5) is 0 Å². The van der Waals surface area contributed by atoms with E-state index in [1.54, 1.807) is 0 Å². The number of rotatable bonds is 22. The zero-order valence-corrected chi connectivity index (χ0v) is 22.9. The van der Waals surface area contributed by atoms with Gasteiger partial charge in [-0.3, -0.25) is 4.79 Å². The zero-order chi connectivity index (χ0) is 23.4. The van der Waals surface area contributed by atoms with Crippen molar-refractivity contribution in [2.45, 2.75) is 174 Å². The SMILES string of the molecule is CCCCCCCCCCCCOCCCCCCCCCCCC.O.O=C1CCCCC1. The van der Waals surface area contributed by atoms with E-state index in [9.17, 15) is 4.79 Å². The van der Waals surface area contributed by atoms with Gasteiger partial charge >= 0.3 is 0 Å². The van der Waals surface area contributed by atoms with Crippen LogP contribution in [0.1, 0.15) is 174 Å². The van der Waals surface area contributed by atoms with Crippen molar-refractivity contribution >= 4 is 5.78 Å². The van der Waals surface area contributed by atoms with Crippen LogP contribution < -0.4 is 0 Å². The molecule has 1 rings (SSSR count). The zero-order valence-electron chi connectivity index (χ0n) is 22.9. The number of carbonyl (C=O) groups is 1. The van der Waals surface area contributed by atoms with Crippen LogP contribution in [0.5, 0.6) is 0 Å². The Balaban J connectivity index is 0. The molecule has 0 spiro atoms. The van der Waals surface area contributed by atoms with E-state index < -0.39 is 0 Å². The van der Waals surface area contributed by atoms with Crippen LogP contribution in [0.25, 0.3) is 0 Å². The summed E-state index contributed by atoms with van der Waals surface area (Å²) in [5, 5.41) is 0. The number of unbranched alkanes of at least 4 members (excludes halogenated alkanes) is 18. The highest BCUT2D eigenvalue weighted by atomic mass is 16.5. The second-order valence-electron chi connectivity index (χ2n) is 10.1. The smallest absolute Gasteiger partial charge is 0.132 e. The number of Topliss-reactive ketones (excluding diaryl/α,β-unsaturated/α-hetero) is 1. The fourth-order valence-electron chi connectivity index (χ4n) is 4.43. The fraction of sp³-hybridized carbons (Fsp3) is 0.967. The van der Waals surface area contributed by atoms with Crippen LogP contribution in [0, 0.1) is 0 Å². The molecule has 0 aromatic rings. The van der Waals surface area contributed by atoms with Crippen LogP contribution in [-0.4, -0.2) is 24.5 Å². The van der Waals surface area contributed by atoms with Gasteiger partial charge < -0.3 is 10.2 Å². The van der Waals surface area contributed by atoms with E-state index in [0.717, 1.165) is 38.9 Å². The number of hydrogen-bond donors (Lipinski definition) is 0. The van der Waals surface area contributed by atoms with Gasteiger partial charge in [0, 0.05) is 26.1 Å². The predicted octanol–water partition coefficient (Wildman–Crippen LogP) is 9.54. The van der Waals surface area contributed by atoms with Crippen molar-refractivity contribution in [1.29, 1.82) is 0 Å². The van der Waals surface area contributed by atoms with Crippen LogP contribution in [-0.2, 0) is 9.53 Å². The molecular weight excluding hydrogens is 408 g/mol. The van der Waals surface area contributed by atoms with Gasteiger partial charge in [0.1, 0.15) is 5.78 Å². The third-order valence-electron chi connectivity index (χ3n) is 6.70. The predicted molar refractivity (Wildman–Crippen MR) is 146 cm³/mol. The fourth-order valence-corrected chi connectivity index (χ4v) is 4.43. The summed E-state index contributed by atoms with van der Waals surface area (Å²) in [5.74, 6) is 0.464. The second kappa shape index (κ2) is 31.6. The summed E-state index contributed by atoms with van der Waals surface area (Å²) >= 11 is 0. The molecule has 3 nitrogen and oxygen atoms in total. The van der Waals surface area contributed by atoms with Crippen molar-refractivity contribution in [1.82, 2.24) is 0 Å². The third-order valence-corrected chi connectivity index (χ3v) is 6.70. The van der Waals surface area contributed by atoms with Gasteiger partial charge in [-0.1, -0.05) is 136 Å². The normalized spacial score (nSPS) is 13.3. The molecule has 2 N–H and O–H groups in total. The molecule has 1 aliphatic rings. The first-order valence-electron chi connectivity index (χ1n) is 14.9. The Hall–Kier alpha value is -0.410. The molecule has 0 aliphatic heterocycles. The lowest BCUT2D eigenvalue weighted by Crippen LogP contribution is -2.02. The monoisotopic (exact) mass is 470 g/mol. The number of ketones is 1. The number of hydrogen-bond acceptors (Lipinski definition) is 2. The molecule has 1 fully saturated rings. The summed E-state index contributed by atoms with van der Waals surface area (Å²) in [5.41, 5.74) is 0. The van der Waals surface area contributed by atoms with Crippen molar-refractivity contribution < 1.29 is 15.0 Å². The maximum absolute atomic E-state index is 10.5. The average Bonchev–Trinajstić information content (AvgIpc) is 2.81. The van der Waals surface area contributed by atoms with Gasteiger partial charge in [0.05, 0.1) is 0 Å². The summed E-state index contributed by atoms with van der Waals surface area (Å²) < 4.78 is 5.78. The van der Waals surface area contributed by atoms with Gasteiger partial charge in [-0.25, -0.2) is 0 Å². The molecule has 0 atom stereocenters. The van der Waals surface area contributed by atoms with Gasteiger partial charge in [-0.2, -0.15) is 0 Å². The van der Waals surface area contributed by atoms with E-state index in [2.05, 4.69) is 13.8 Å². The Morgan fingerprint density at radius 1 is 0.485 bits per heavy atom. The molecule has 0 amide bonds. The summed E-state index contributed by atoms with van der Waals surface area (Å²) in [4.78, 5) is 10.5. The minimum Gasteiger partial charge on any atom is -0.412 e. The van der Waals surface area contributed by atoms with Gasteiger partial charge in [-0.05, 0) is 25.7 Å². The molecule has 3 heteroatoms. The molecule has 0 unspecified atom stereocenters. The lowest BCUT2D eigenvalue weighted by Gasteiger charge is -2.05. The molecule has 0 aromatic carbocycles. The lowest BCUT2D eigenvalue weighted by atomic mass is 10.00. The Kier molecular flexibility index (Phi) is 33.3. The maximum Gasteiger partial charge on any atom is 0.132 e. The molecule has 0 heterocycles. The van der Waals surface area contributed by atoms with E-state index in [4.69, 9.17) is 4.74 Å². The minimum absolute atomic E-state index is 0. The van der Waals surface area contributed by atoms with Crippen LogP contribution >= 0.6 is 0 Å². The molecular formula is C30H62O3. The molecule has 33 heavy (non-hydrogen) atoms. The largest absolute Gasteiger partial charge is 0.412 e. The first-order chi connectivity index (χ1) is 15.8. The van der Waals surface area contributed by atoms with Crippen molar-refractivity contribution in [3.8, 4) is 0 Å². The first-order valence-corrected chi connectivity index (χ1v) is 14.9. The van der Waals surface area contributed by atoms with Crippen LogP contribution in [0.3, 0.4) is 0 Å². The van der Waals surface area contributed by atoms with E-state index in [0.29, 0.717) is 5.78 Å². The number of ether oxygens (including phenoxy) is 1. The lowest BCUT2D eigenvalue weighted by molar-refractivity contribution is -0.120. The Labute approximate surface area is 208 Å². The third kappa shape index (κ3) is 31.6. The average molecular weight is 471 g/mol. The summed E-state index contributed by atoms with van der Waals surface area (Å²) in [6.45, 7) is 6.57. The van der Waals surface area contributed by atoms with Crippen molar-refractivity contribution in [2.24, 2.45) is 0 Å². The Bertz CT molecular complexity index is 326. The van der Waals surface area contributed by atoms with Crippen molar-refractivity contribution in [3.05, 3.63) is 0 Å². The quantitative estimate of drug-likeness (QED) is 0.148. The molecule has 0 aromatic heterocycles. The summed E-state index contributed by atoms with van der Waals surface area (Å²) in [7, 11) is 0. The molecule has 200 valence electrons. The van der Waals surface area contributed by atoms with Crippen LogP contribution in [0.2, 0.25) is 0 Å². The Morgan fingerprint density at radius 3 is 1.06 bits per heavy atom. The first kappa shape index (κ1) is 34.8. The number of carbonyl (C=O) groups excluding carboxylic acids is 1. The topological polar surface area (TPSA) is 57.8 Å². The maximum atomic E-state index is 10.5. The molecule has 0 saturated heterocycles. The van der Waals surface area contributed by atoms with Gasteiger partial charge in [-0.15, -0.1) is 0 Å². The van der Waals surface area contributed by atoms with Crippen LogP contribution in [0.15, 0.2) is 0 Å². The minimum atomic E-state index is 0. The van der Waals surface area contributed by atoms with E-state index >= 15 is 0 Å². The Morgan fingerprint density at radius 2 is 0.788 bits per heavy atom. The molecule has 1 aliphatic carbocycles.